The van der Waals surface area contributed by atoms with Crippen LogP contribution in [0.1, 0.15) is 12.0 Å². The summed E-state index contributed by atoms with van der Waals surface area (Å²) in [5, 5.41) is 3.50. The van der Waals surface area contributed by atoms with Gasteiger partial charge in [-0.3, -0.25) is 4.99 Å². The zero-order chi connectivity index (χ0) is 15.9. The summed E-state index contributed by atoms with van der Waals surface area (Å²) in [6.07, 6.45) is 1.27. The van der Waals surface area contributed by atoms with Crippen molar-refractivity contribution in [2.75, 3.05) is 47.9 Å². The molecule has 2 rings (SSSR count). The van der Waals surface area contributed by atoms with Gasteiger partial charge < -0.3 is 19.9 Å². The Morgan fingerprint density at radius 1 is 1.41 bits per heavy atom. The van der Waals surface area contributed by atoms with E-state index < -0.39 is 0 Å². The normalized spacial score (nSPS) is 19.3. The van der Waals surface area contributed by atoms with Gasteiger partial charge in [0.15, 0.2) is 5.96 Å². The number of nitrogens with zero attached hydrogens (tertiary/aromatic N) is 3. The van der Waals surface area contributed by atoms with Gasteiger partial charge in [0.05, 0.1) is 7.11 Å². The van der Waals surface area contributed by atoms with Gasteiger partial charge in [0.25, 0.3) is 0 Å². The van der Waals surface area contributed by atoms with E-state index in [0.29, 0.717) is 0 Å². The van der Waals surface area contributed by atoms with Gasteiger partial charge in [0.1, 0.15) is 5.75 Å². The highest BCUT2D eigenvalue weighted by molar-refractivity contribution is 5.79. The number of aliphatic imine (C=N–C) groups is 1. The number of hydrogen-bond acceptors (Lipinski definition) is 3. The highest BCUT2D eigenvalue weighted by Gasteiger charge is 2.19. The minimum atomic E-state index is 0.719. The summed E-state index contributed by atoms with van der Waals surface area (Å²) >= 11 is 0. The Balaban J connectivity index is 1.84. The Hall–Kier alpha value is -1.75. The molecular formula is C17H28N4O. The van der Waals surface area contributed by atoms with Crippen LogP contribution >= 0.6 is 0 Å². The van der Waals surface area contributed by atoms with E-state index in [1.165, 1.54) is 25.1 Å². The Kier molecular flexibility index (Phi) is 6.07. The topological polar surface area (TPSA) is 40.1 Å². The third-order valence-electron chi connectivity index (χ3n) is 4.19. The molecule has 22 heavy (non-hydrogen) atoms. The van der Waals surface area contributed by atoms with E-state index in [4.69, 9.17) is 4.74 Å². The Morgan fingerprint density at radius 2 is 2.14 bits per heavy atom. The molecule has 0 aromatic heterocycles. The van der Waals surface area contributed by atoms with Gasteiger partial charge in [-0.25, -0.2) is 0 Å². The molecular weight excluding hydrogens is 276 g/mol. The van der Waals surface area contributed by atoms with Gasteiger partial charge in [0.2, 0.25) is 0 Å². The van der Waals surface area contributed by atoms with Crippen LogP contribution in [-0.4, -0.2) is 63.6 Å². The molecule has 1 N–H and O–H groups in total. The summed E-state index contributed by atoms with van der Waals surface area (Å²) in [6.45, 7) is 4.19. The van der Waals surface area contributed by atoms with Crippen LogP contribution in [0.25, 0.3) is 0 Å². The molecule has 1 aliphatic rings. The Labute approximate surface area is 134 Å². The zero-order valence-corrected chi connectivity index (χ0v) is 14.2. The first-order valence-corrected chi connectivity index (χ1v) is 7.85. The number of methoxy groups -OCH3 is 1. The molecule has 1 aromatic carbocycles. The largest absolute Gasteiger partial charge is 0.497 e. The van der Waals surface area contributed by atoms with Crippen molar-refractivity contribution in [3.63, 3.8) is 0 Å². The first-order chi connectivity index (χ1) is 10.6. The average molecular weight is 304 g/mol. The van der Waals surface area contributed by atoms with Crippen molar-refractivity contribution in [3.05, 3.63) is 29.8 Å². The summed E-state index contributed by atoms with van der Waals surface area (Å²) in [7, 11) is 7.78. The van der Waals surface area contributed by atoms with Crippen molar-refractivity contribution in [2.45, 2.75) is 13.0 Å². The molecule has 0 radical (unpaired) electrons. The van der Waals surface area contributed by atoms with Crippen LogP contribution in [0.3, 0.4) is 0 Å². The summed E-state index contributed by atoms with van der Waals surface area (Å²) in [5.74, 6) is 2.56. The molecule has 0 aliphatic carbocycles. The van der Waals surface area contributed by atoms with Crippen molar-refractivity contribution >= 4 is 5.96 Å². The fourth-order valence-electron chi connectivity index (χ4n) is 2.89. The van der Waals surface area contributed by atoms with E-state index in [0.717, 1.165) is 30.7 Å². The number of hydrogen-bond donors (Lipinski definition) is 1. The van der Waals surface area contributed by atoms with Crippen LogP contribution in [0.5, 0.6) is 5.75 Å². The maximum absolute atomic E-state index is 5.19. The first-order valence-electron chi connectivity index (χ1n) is 7.85. The summed E-state index contributed by atoms with van der Waals surface area (Å²) in [5.41, 5.74) is 1.24. The van der Waals surface area contributed by atoms with E-state index in [2.05, 4.69) is 46.3 Å². The molecule has 0 amide bonds. The molecule has 5 heteroatoms. The lowest BCUT2D eigenvalue weighted by Gasteiger charge is -2.23. The van der Waals surface area contributed by atoms with E-state index >= 15 is 0 Å². The van der Waals surface area contributed by atoms with Crippen LogP contribution in [0, 0.1) is 5.92 Å². The number of benzene rings is 1. The number of nitrogens with one attached hydrogen (secondary N) is 1. The Bertz CT molecular complexity index is 486. The standard InChI is InChI=1S/C17H28N4O/c1-18-17(19-11-15-9-10-20(2)12-15)21(3)13-14-5-7-16(22-4)8-6-14/h5-8,15H,9-13H2,1-4H3,(H,18,19). The van der Waals surface area contributed by atoms with E-state index in [1.54, 1.807) is 7.11 Å². The fraction of sp³-hybridized carbons (Fsp3) is 0.588. The maximum Gasteiger partial charge on any atom is 0.193 e. The zero-order valence-electron chi connectivity index (χ0n) is 14.2. The predicted octanol–water partition coefficient (Wildman–Crippen LogP) is 1.65. The lowest BCUT2D eigenvalue weighted by atomic mass is 10.1. The van der Waals surface area contributed by atoms with Crippen molar-refractivity contribution in [2.24, 2.45) is 10.9 Å². The third kappa shape index (κ3) is 4.63. The lowest BCUT2D eigenvalue weighted by molar-refractivity contribution is 0.390. The minimum absolute atomic E-state index is 0.719. The molecule has 0 spiro atoms. The van der Waals surface area contributed by atoms with Crippen LogP contribution in [0.4, 0.5) is 0 Å². The number of ether oxygens (including phenoxy) is 1. The molecule has 0 bridgehead atoms. The number of likely N-dealkylation sites (tertiary alicyclic amines) is 1. The molecule has 1 saturated heterocycles. The van der Waals surface area contributed by atoms with Crippen molar-refractivity contribution in [1.29, 1.82) is 0 Å². The summed E-state index contributed by atoms with van der Waals surface area (Å²) in [6, 6.07) is 8.17. The summed E-state index contributed by atoms with van der Waals surface area (Å²) in [4.78, 5) is 8.93. The molecule has 1 heterocycles. The number of guanidine groups is 1. The predicted molar refractivity (Wildman–Crippen MR) is 91.4 cm³/mol. The molecule has 1 aromatic rings. The van der Waals surface area contributed by atoms with Crippen molar-refractivity contribution in [1.82, 2.24) is 15.1 Å². The second-order valence-corrected chi connectivity index (χ2v) is 6.05. The highest BCUT2D eigenvalue weighted by atomic mass is 16.5. The van der Waals surface area contributed by atoms with Gasteiger partial charge in [-0.15, -0.1) is 0 Å². The Morgan fingerprint density at radius 3 is 2.68 bits per heavy atom. The molecule has 0 saturated carbocycles. The molecule has 5 nitrogen and oxygen atoms in total. The second kappa shape index (κ2) is 8.03. The average Bonchev–Trinajstić information content (AvgIpc) is 2.94. The third-order valence-corrected chi connectivity index (χ3v) is 4.19. The molecule has 1 fully saturated rings. The van der Waals surface area contributed by atoms with Gasteiger partial charge in [-0.2, -0.15) is 0 Å². The summed E-state index contributed by atoms with van der Waals surface area (Å²) < 4.78 is 5.19. The quantitative estimate of drug-likeness (QED) is 0.663. The van der Waals surface area contributed by atoms with E-state index in [1.807, 2.05) is 19.2 Å². The van der Waals surface area contributed by atoms with Gasteiger partial charge in [-0.1, -0.05) is 12.1 Å². The minimum Gasteiger partial charge on any atom is -0.497 e. The van der Waals surface area contributed by atoms with Crippen LogP contribution in [0.15, 0.2) is 29.3 Å². The maximum atomic E-state index is 5.19. The molecule has 1 aliphatic heterocycles. The smallest absolute Gasteiger partial charge is 0.193 e. The van der Waals surface area contributed by atoms with E-state index in [9.17, 15) is 0 Å². The van der Waals surface area contributed by atoms with Crippen molar-refractivity contribution < 1.29 is 4.74 Å². The molecule has 122 valence electrons. The fourth-order valence-corrected chi connectivity index (χ4v) is 2.89. The van der Waals surface area contributed by atoms with Crippen molar-refractivity contribution in [3.8, 4) is 5.75 Å². The van der Waals surface area contributed by atoms with E-state index in [-0.39, 0.29) is 0 Å². The first kappa shape index (κ1) is 16.6. The SMILES string of the molecule is CN=C(NCC1CCN(C)C1)N(C)Cc1ccc(OC)cc1. The monoisotopic (exact) mass is 304 g/mol. The number of rotatable bonds is 5. The van der Waals surface area contributed by atoms with Crippen LogP contribution < -0.4 is 10.1 Å². The van der Waals surface area contributed by atoms with Gasteiger partial charge >= 0.3 is 0 Å². The highest BCUT2D eigenvalue weighted by Crippen LogP contribution is 2.14. The molecule has 1 unspecified atom stereocenters. The molecule has 1 atom stereocenters. The van der Waals surface area contributed by atoms with Gasteiger partial charge in [-0.05, 0) is 43.6 Å². The van der Waals surface area contributed by atoms with Crippen LogP contribution in [-0.2, 0) is 6.54 Å². The lowest BCUT2D eigenvalue weighted by Crippen LogP contribution is -2.41. The van der Waals surface area contributed by atoms with Crippen LogP contribution in [0.2, 0.25) is 0 Å². The second-order valence-electron chi connectivity index (χ2n) is 6.05. The van der Waals surface area contributed by atoms with Gasteiger partial charge in [0, 0.05) is 33.7 Å².